The Labute approximate surface area is 105 Å². The molecule has 3 N–H and O–H groups in total. The molecule has 0 unspecified atom stereocenters. The monoisotopic (exact) mass is 242 g/mol. The molecule has 1 aliphatic rings. The Hall–Kier alpha value is -2.14. The van der Waals surface area contributed by atoms with E-state index in [4.69, 9.17) is 0 Å². The van der Waals surface area contributed by atoms with Crippen LogP contribution in [0.1, 0.15) is 27.2 Å². The Morgan fingerprint density at radius 2 is 2.17 bits per heavy atom. The number of fused-ring (bicyclic) bond motifs is 1. The third-order valence-electron chi connectivity index (χ3n) is 3.10. The van der Waals surface area contributed by atoms with Gasteiger partial charge in [0.2, 0.25) is 0 Å². The van der Waals surface area contributed by atoms with Crippen molar-refractivity contribution in [2.45, 2.75) is 19.6 Å². The fourth-order valence-corrected chi connectivity index (χ4v) is 2.12. The van der Waals surface area contributed by atoms with E-state index in [1.165, 1.54) is 11.1 Å². The van der Waals surface area contributed by atoms with Gasteiger partial charge in [0.05, 0.1) is 0 Å². The van der Waals surface area contributed by atoms with E-state index in [9.17, 15) is 4.79 Å². The summed E-state index contributed by atoms with van der Waals surface area (Å²) in [6, 6.07) is 7.97. The fourth-order valence-electron chi connectivity index (χ4n) is 2.12. The lowest BCUT2D eigenvalue weighted by molar-refractivity contribution is 0.0946. The van der Waals surface area contributed by atoms with Crippen molar-refractivity contribution in [2.75, 3.05) is 0 Å². The molecule has 0 atom stereocenters. The molecule has 0 saturated carbocycles. The van der Waals surface area contributed by atoms with Crippen molar-refractivity contribution in [3.63, 3.8) is 0 Å². The highest BCUT2D eigenvalue weighted by molar-refractivity contribution is 5.92. The zero-order valence-electron chi connectivity index (χ0n) is 9.86. The predicted octanol–water partition coefficient (Wildman–Crippen LogP) is 0.943. The maximum absolute atomic E-state index is 11.7. The number of carbonyl (C=O) groups is 1. The largest absolute Gasteiger partial charge is 0.347 e. The first-order valence-corrected chi connectivity index (χ1v) is 5.92. The summed E-state index contributed by atoms with van der Waals surface area (Å²) in [4.78, 5) is 11.7. The molecule has 2 heterocycles. The summed E-state index contributed by atoms with van der Waals surface area (Å²) in [5, 5.41) is 12.6. The van der Waals surface area contributed by atoms with Crippen LogP contribution in [0.25, 0.3) is 0 Å². The van der Waals surface area contributed by atoms with Gasteiger partial charge in [0.15, 0.2) is 0 Å². The van der Waals surface area contributed by atoms with Crippen molar-refractivity contribution < 1.29 is 4.79 Å². The van der Waals surface area contributed by atoms with Gasteiger partial charge in [-0.25, -0.2) is 0 Å². The summed E-state index contributed by atoms with van der Waals surface area (Å²) in [7, 11) is 0. The van der Waals surface area contributed by atoms with Crippen molar-refractivity contribution in [1.82, 2.24) is 20.8 Å². The minimum absolute atomic E-state index is 0.133. The standard InChI is InChI=1S/C13H14N4O/c18-13(12-3-4-16-17-12)15-6-9-1-2-10-7-14-8-11(10)5-9/h1-5,14H,6-8H2,(H,15,18)(H,16,17). The van der Waals surface area contributed by atoms with E-state index < -0.39 is 0 Å². The SMILES string of the molecule is O=C(NCc1ccc2c(c1)CNC2)c1ccn[nH]1. The van der Waals surface area contributed by atoms with Crippen LogP contribution in [0.2, 0.25) is 0 Å². The molecule has 1 aromatic carbocycles. The first-order valence-electron chi connectivity index (χ1n) is 5.92. The van der Waals surface area contributed by atoms with E-state index in [0.717, 1.165) is 18.7 Å². The van der Waals surface area contributed by atoms with Crippen molar-refractivity contribution >= 4 is 5.91 Å². The van der Waals surface area contributed by atoms with Crippen LogP contribution < -0.4 is 10.6 Å². The number of aromatic amines is 1. The highest BCUT2D eigenvalue weighted by atomic mass is 16.1. The highest BCUT2D eigenvalue weighted by Gasteiger charge is 2.11. The Kier molecular flexibility index (Phi) is 2.82. The number of H-pyrrole nitrogens is 1. The fraction of sp³-hybridized carbons (Fsp3) is 0.231. The van der Waals surface area contributed by atoms with Crippen molar-refractivity contribution in [1.29, 1.82) is 0 Å². The lowest BCUT2D eigenvalue weighted by Gasteiger charge is -2.06. The number of nitrogens with zero attached hydrogens (tertiary/aromatic N) is 1. The van der Waals surface area contributed by atoms with E-state index in [0.29, 0.717) is 12.2 Å². The molecule has 5 heteroatoms. The Morgan fingerprint density at radius 1 is 1.28 bits per heavy atom. The number of hydrogen-bond acceptors (Lipinski definition) is 3. The van der Waals surface area contributed by atoms with Crippen LogP contribution in [0.15, 0.2) is 30.5 Å². The number of rotatable bonds is 3. The maximum atomic E-state index is 11.7. The third kappa shape index (κ3) is 2.12. The quantitative estimate of drug-likeness (QED) is 0.750. The van der Waals surface area contributed by atoms with Crippen LogP contribution in [0.3, 0.4) is 0 Å². The highest BCUT2D eigenvalue weighted by Crippen LogP contribution is 2.16. The van der Waals surface area contributed by atoms with Crippen LogP contribution in [0.5, 0.6) is 0 Å². The summed E-state index contributed by atoms with van der Waals surface area (Å²) in [5.41, 5.74) is 4.27. The molecule has 0 spiro atoms. The zero-order valence-corrected chi connectivity index (χ0v) is 9.86. The molecule has 1 amide bonds. The molecule has 0 radical (unpaired) electrons. The predicted molar refractivity (Wildman–Crippen MR) is 66.7 cm³/mol. The van der Waals surface area contributed by atoms with Crippen LogP contribution in [-0.4, -0.2) is 16.1 Å². The number of hydrogen-bond donors (Lipinski definition) is 3. The third-order valence-corrected chi connectivity index (χ3v) is 3.10. The Morgan fingerprint density at radius 3 is 3.00 bits per heavy atom. The van der Waals surface area contributed by atoms with Crippen LogP contribution in [0.4, 0.5) is 0 Å². The van der Waals surface area contributed by atoms with Gasteiger partial charge in [-0.3, -0.25) is 9.89 Å². The molecular formula is C13H14N4O. The second kappa shape index (κ2) is 4.62. The molecule has 18 heavy (non-hydrogen) atoms. The molecule has 0 bridgehead atoms. The van der Waals surface area contributed by atoms with E-state index in [2.05, 4.69) is 39.0 Å². The molecule has 0 saturated heterocycles. The van der Waals surface area contributed by atoms with Gasteiger partial charge in [-0.15, -0.1) is 0 Å². The van der Waals surface area contributed by atoms with Gasteiger partial charge in [-0.2, -0.15) is 5.10 Å². The van der Waals surface area contributed by atoms with Gasteiger partial charge in [0.25, 0.3) is 5.91 Å². The molecule has 92 valence electrons. The lowest BCUT2D eigenvalue weighted by Crippen LogP contribution is -2.23. The first-order chi connectivity index (χ1) is 8.83. The molecule has 1 aliphatic heterocycles. The Bertz CT molecular complexity index is 562. The van der Waals surface area contributed by atoms with E-state index >= 15 is 0 Å². The first kappa shape index (κ1) is 11.0. The van der Waals surface area contributed by atoms with Gasteiger partial charge in [-0.05, 0) is 22.8 Å². The van der Waals surface area contributed by atoms with Gasteiger partial charge in [0, 0.05) is 25.8 Å². The van der Waals surface area contributed by atoms with Gasteiger partial charge >= 0.3 is 0 Å². The Balaban J connectivity index is 1.65. The number of nitrogens with one attached hydrogen (secondary N) is 3. The summed E-state index contributed by atoms with van der Waals surface area (Å²) in [6.07, 6.45) is 1.57. The number of benzene rings is 1. The van der Waals surface area contributed by atoms with Crippen molar-refractivity contribution in [3.05, 3.63) is 52.8 Å². The molecular weight excluding hydrogens is 228 g/mol. The summed E-state index contributed by atoms with van der Waals surface area (Å²) in [5.74, 6) is -0.133. The molecule has 1 aromatic heterocycles. The summed E-state index contributed by atoms with van der Waals surface area (Å²) in [6.45, 7) is 2.39. The van der Waals surface area contributed by atoms with Gasteiger partial charge in [-0.1, -0.05) is 18.2 Å². The lowest BCUT2D eigenvalue weighted by atomic mass is 10.1. The normalized spacial score (nSPS) is 13.3. The van der Waals surface area contributed by atoms with Gasteiger partial charge in [0.1, 0.15) is 5.69 Å². The number of amides is 1. The van der Waals surface area contributed by atoms with E-state index in [-0.39, 0.29) is 5.91 Å². The molecule has 0 aliphatic carbocycles. The van der Waals surface area contributed by atoms with E-state index in [1.807, 2.05) is 0 Å². The molecule has 2 aromatic rings. The summed E-state index contributed by atoms with van der Waals surface area (Å²) < 4.78 is 0. The second-order valence-corrected chi connectivity index (χ2v) is 4.36. The minimum atomic E-state index is -0.133. The van der Waals surface area contributed by atoms with Crippen LogP contribution in [0, 0.1) is 0 Å². The van der Waals surface area contributed by atoms with Crippen molar-refractivity contribution in [3.8, 4) is 0 Å². The van der Waals surface area contributed by atoms with Crippen LogP contribution >= 0.6 is 0 Å². The maximum Gasteiger partial charge on any atom is 0.269 e. The average molecular weight is 242 g/mol. The minimum Gasteiger partial charge on any atom is -0.347 e. The smallest absolute Gasteiger partial charge is 0.269 e. The summed E-state index contributed by atoms with van der Waals surface area (Å²) >= 11 is 0. The zero-order chi connectivity index (χ0) is 12.4. The van der Waals surface area contributed by atoms with Gasteiger partial charge < -0.3 is 10.6 Å². The second-order valence-electron chi connectivity index (χ2n) is 4.36. The van der Waals surface area contributed by atoms with Crippen LogP contribution in [-0.2, 0) is 19.6 Å². The molecule has 5 nitrogen and oxygen atoms in total. The average Bonchev–Trinajstić information content (AvgIpc) is 3.05. The van der Waals surface area contributed by atoms with Crippen molar-refractivity contribution in [2.24, 2.45) is 0 Å². The van der Waals surface area contributed by atoms with E-state index in [1.54, 1.807) is 12.3 Å². The number of carbonyl (C=O) groups excluding carboxylic acids is 1. The number of aromatic nitrogens is 2. The molecule has 3 rings (SSSR count). The molecule has 0 fully saturated rings. The topological polar surface area (TPSA) is 69.8 Å².